The second-order valence-corrected chi connectivity index (χ2v) is 4.86. The molecular weight excluding hydrogens is 222 g/mol. The van der Waals surface area contributed by atoms with Crippen molar-refractivity contribution in [1.82, 2.24) is 19.7 Å². The van der Waals surface area contributed by atoms with E-state index in [9.17, 15) is 0 Å². The van der Waals surface area contributed by atoms with Crippen molar-refractivity contribution in [2.75, 3.05) is 5.32 Å². The van der Waals surface area contributed by atoms with Gasteiger partial charge >= 0.3 is 0 Å². The van der Waals surface area contributed by atoms with Crippen LogP contribution in [0.25, 0.3) is 0 Å². The second kappa shape index (κ2) is 4.61. The van der Waals surface area contributed by atoms with Gasteiger partial charge in [-0.1, -0.05) is 13.8 Å². The minimum atomic E-state index is 0.352. The largest absolute Gasteiger partial charge is 0.349 e. The molecule has 86 valence electrons. The summed E-state index contributed by atoms with van der Waals surface area (Å²) in [6.45, 7) is 4.92. The molecule has 0 unspecified atom stereocenters. The van der Waals surface area contributed by atoms with E-state index in [1.165, 1.54) is 4.88 Å². The van der Waals surface area contributed by atoms with Crippen LogP contribution >= 0.6 is 11.3 Å². The first-order valence-electron chi connectivity index (χ1n) is 5.19. The highest BCUT2D eigenvalue weighted by atomic mass is 32.1. The summed E-state index contributed by atoms with van der Waals surface area (Å²) < 4.78 is 1.77. The van der Waals surface area contributed by atoms with Gasteiger partial charge in [0, 0.05) is 24.0 Å². The van der Waals surface area contributed by atoms with Crippen LogP contribution in [-0.4, -0.2) is 19.7 Å². The summed E-state index contributed by atoms with van der Waals surface area (Å²) in [5, 5.41) is 7.59. The van der Waals surface area contributed by atoms with Crippen LogP contribution in [-0.2, 0) is 13.6 Å². The molecule has 5 nitrogen and oxygen atoms in total. The summed E-state index contributed by atoms with van der Waals surface area (Å²) in [4.78, 5) is 9.65. The van der Waals surface area contributed by atoms with E-state index in [1.54, 1.807) is 16.0 Å². The van der Waals surface area contributed by atoms with Crippen molar-refractivity contribution in [3.63, 3.8) is 0 Å². The molecule has 6 heteroatoms. The van der Waals surface area contributed by atoms with E-state index in [1.807, 2.05) is 18.8 Å². The molecule has 0 aliphatic heterocycles. The quantitative estimate of drug-likeness (QED) is 0.883. The fourth-order valence-electron chi connectivity index (χ4n) is 1.30. The fourth-order valence-corrected chi connectivity index (χ4v) is 1.83. The molecule has 2 heterocycles. The van der Waals surface area contributed by atoms with Gasteiger partial charge in [-0.15, -0.1) is 11.3 Å². The topological polar surface area (TPSA) is 55.6 Å². The van der Waals surface area contributed by atoms with Crippen LogP contribution < -0.4 is 5.32 Å². The zero-order chi connectivity index (χ0) is 11.5. The second-order valence-electron chi connectivity index (χ2n) is 3.89. The summed E-state index contributed by atoms with van der Waals surface area (Å²) in [5.74, 6) is 2.02. The maximum atomic E-state index is 4.43. The third kappa shape index (κ3) is 2.38. The molecule has 0 radical (unpaired) electrons. The van der Waals surface area contributed by atoms with Crippen LogP contribution in [0.1, 0.15) is 30.5 Å². The van der Waals surface area contributed by atoms with Crippen LogP contribution in [0.5, 0.6) is 0 Å². The number of nitrogens with one attached hydrogen (secondary N) is 1. The normalized spacial score (nSPS) is 11.0. The van der Waals surface area contributed by atoms with Crippen LogP contribution in [0.4, 0.5) is 5.95 Å². The van der Waals surface area contributed by atoms with E-state index < -0.39 is 0 Å². The Kier molecular flexibility index (Phi) is 3.19. The smallest absolute Gasteiger partial charge is 0.221 e. The minimum absolute atomic E-state index is 0.352. The first kappa shape index (κ1) is 11.1. The molecule has 2 rings (SSSR count). The van der Waals surface area contributed by atoms with Crippen molar-refractivity contribution >= 4 is 17.3 Å². The summed E-state index contributed by atoms with van der Waals surface area (Å²) in [6.07, 6.45) is 1.86. The zero-order valence-electron chi connectivity index (χ0n) is 9.64. The van der Waals surface area contributed by atoms with Crippen LogP contribution in [0, 0.1) is 0 Å². The Balaban J connectivity index is 2.04. The SMILES string of the molecule is CC(C)c1nc(NCc2cncs2)n(C)n1. The van der Waals surface area contributed by atoms with E-state index in [4.69, 9.17) is 0 Å². The predicted molar refractivity (Wildman–Crippen MR) is 64.5 cm³/mol. The van der Waals surface area contributed by atoms with E-state index in [-0.39, 0.29) is 0 Å². The van der Waals surface area contributed by atoms with Gasteiger partial charge < -0.3 is 5.32 Å². The van der Waals surface area contributed by atoms with Gasteiger partial charge in [0.1, 0.15) is 0 Å². The lowest BCUT2D eigenvalue weighted by Crippen LogP contribution is -2.04. The van der Waals surface area contributed by atoms with Crippen molar-refractivity contribution < 1.29 is 0 Å². The van der Waals surface area contributed by atoms with E-state index >= 15 is 0 Å². The van der Waals surface area contributed by atoms with Crippen LogP contribution in [0.3, 0.4) is 0 Å². The van der Waals surface area contributed by atoms with E-state index in [0.717, 1.165) is 18.3 Å². The Morgan fingerprint density at radius 1 is 1.50 bits per heavy atom. The molecule has 0 saturated heterocycles. The lowest BCUT2D eigenvalue weighted by atomic mass is 10.2. The summed E-state index contributed by atoms with van der Waals surface area (Å²) in [5.41, 5.74) is 1.83. The number of hydrogen-bond acceptors (Lipinski definition) is 5. The van der Waals surface area contributed by atoms with Crippen molar-refractivity contribution in [3.05, 3.63) is 22.4 Å². The first-order chi connectivity index (χ1) is 7.66. The molecule has 2 aromatic rings. The summed E-state index contributed by atoms with van der Waals surface area (Å²) in [7, 11) is 1.90. The average Bonchev–Trinajstić information content (AvgIpc) is 2.84. The number of thiazole rings is 1. The molecular formula is C10H15N5S. The number of hydrogen-bond donors (Lipinski definition) is 1. The van der Waals surface area contributed by atoms with Gasteiger partial charge in [0.15, 0.2) is 5.82 Å². The molecule has 16 heavy (non-hydrogen) atoms. The molecule has 0 fully saturated rings. The number of nitrogens with zero attached hydrogens (tertiary/aromatic N) is 4. The maximum Gasteiger partial charge on any atom is 0.221 e. The van der Waals surface area contributed by atoms with Gasteiger partial charge in [0.25, 0.3) is 0 Å². The maximum absolute atomic E-state index is 4.43. The highest BCUT2D eigenvalue weighted by Crippen LogP contribution is 2.13. The van der Waals surface area contributed by atoms with Gasteiger partial charge in [-0.05, 0) is 0 Å². The highest BCUT2D eigenvalue weighted by Gasteiger charge is 2.09. The van der Waals surface area contributed by atoms with Crippen molar-refractivity contribution in [1.29, 1.82) is 0 Å². The third-order valence-corrected chi connectivity index (χ3v) is 2.98. The third-order valence-electron chi connectivity index (χ3n) is 2.20. The summed E-state index contributed by atoms with van der Waals surface area (Å²) in [6, 6.07) is 0. The molecule has 0 aliphatic rings. The zero-order valence-corrected chi connectivity index (χ0v) is 10.5. The Morgan fingerprint density at radius 2 is 2.31 bits per heavy atom. The Morgan fingerprint density at radius 3 is 2.88 bits per heavy atom. The molecule has 0 aliphatic carbocycles. The number of aryl methyl sites for hydroxylation is 1. The van der Waals surface area contributed by atoms with Crippen LogP contribution in [0.15, 0.2) is 11.7 Å². The molecule has 0 saturated carbocycles. The Labute approximate surface area is 98.5 Å². The Bertz CT molecular complexity index is 446. The van der Waals surface area contributed by atoms with Crippen LogP contribution in [0.2, 0.25) is 0 Å². The first-order valence-corrected chi connectivity index (χ1v) is 6.07. The molecule has 0 amide bonds. The van der Waals surface area contributed by atoms with Crippen molar-refractivity contribution in [3.8, 4) is 0 Å². The Hall–Kier alpha value is -1.43. The van der Waals surface area contributed by atoms with Crippen molar-refractivity contribution in [2.45, 2.75) is 26.3 Å². The lowest BCUT2D eigenvalue weighted by molar-refractivity contribution is 0.711. The fraction of sp³-hybridized carbons (Fsp3) is 0.500. The van der Waals surface area contributed by atoms with Gasteiger partial charge in [0.2, 0.25) is 5.95 Å². The minimum Gasteiger partial charge on any atom is -0.349 e. The van der Waals surface area contributed by atoms with Gasteiger partial charge in [-0.2, -0.15) is 10.1 Å². The number of anilines is 1. The van der Waals surface area contributed by atoms with Gasteiger partial charge in [-0.3, -0.25) is 4.98 Å². The molecule has 1 N–H and O–H groups in total. The lowest BCUT2D eigenvalue weighted by Gasteiger charge is -2.01. The average molecular weight is 237 g/mol. The standard InChI is InChI=1S/C10H15N5S/c1-7(2)9-13-10(15(3)14-9)12-5-8-4-11-6-16-8/h4,6-7H,5H2,1-3H3,(H,12,13,14). The summed E-state index contributed by atoms with van der Waals surface area (Å²) >= 11 is 1.63. The monoisotopic (exact) mass is 237 g/mol. The van der Waals surface area contributed by atoms with E-state index in [0.29, 0.717) is 5.92 Å². The molecule has 2 aromatic heterocycles. The number of rotatable bonds is 4. The number of aromatic nitrogens is 4. The molecule has 0 aromatic carbocycles. The van der Waals surface area contributed by atoms with E-state index in [2.05, 4.69) is 34.2 Å². The molecule has 0 bridgehead atoms. The highest BCUT2D eigenvalue weighted by molar-refractivity contribution is 7.09. The predicted octanol–water partition coefficient (Wildman–Crippen LogP) is 2.01. The van der Waals surface area contributed by atoms with Crippen molar-refractivity contribution in [2.24, 2.45) is 7.05 Å². The van der Waals surface area contributed by atoms with Gasteiger partial charge in [0.05, 0.1) is 12.1 Å². The molecule has 0 spiro atoms. The molecule has 0 atom stereocenters. The van der Waals surface area contributed by atoms with Gasteiger partial charge in [-0.25, -0.2) is 4.68 Å².